The Morgan fingerprint density at radius 2 is 1.40 bits per heavy atom. The Kier molecular flexibility index (Phi) is 110. The molecule has 0 aromatic heterocycles. The maximum absolute atomic E-state index is 3.70. The average molecular weight is 498 g/mol. The van der Waals surface area contributed by atoms with Crippen molar-refractivity contribution in [1.29, 1.82) is 0 Å². The first kappa shape index (κ1) is 37.5. The van der Waals surface area contributed by atoms with E-state index in [9.17, 15) is 0 Å². The van der Waals surface area contributed by atoms with Gasteiger partial charge in [-0.25, -0.2) is 0 Å². The molecule has 0 saturated carbocycles. The first-order valence-corrected chi connectivity index (χ1v) is 1.90. The second-order valence-corrected chi connectivity index (χ2v) is 1.31. The Hall–Kier alpha value is 3.48. The third-order valence-corrected chi connectivity index (χ3v) is 0.569. The van der Waals surface area contributed by atoms with Crippen molar-refractivity contribution >= 4 is 0 Å². The second kappa shape index (κ2) is 29.4. The van der Waals surface area contributed by atoms with Crippen molar-refractivity contribution in [1.82, 2.24) is 0 Å². The maximum atomic E-state index is 3.70. The van der Waals surface area contributed by atoms with Gasteiger partial charge in [-0.3, -0.25) is 0 Å². The van der Waals surface area contributed by atoms with Gasteiger partial charge in [0.05, 0.1) is 0 Å². The summed E-state index contributed by atoms with van der Waals surface area (Å²) in [5.74, 6) is 0.509. The minimum atomic E-state index is 0. The summed E-state index contributed by atoms with van der Waals surface area (Å²) >= 11 is 0. The Morgan fingerprint density at radius 1 is 1.30 bits per heavy atom. The van der Waals surface area contributed by atoms with Gasteiger partial charge in [0.15, 0.2) is 0 Å². The summed E-state index contributed by atoms with van der Waals surface area (Å²) < 4.78 is 0. The SMILES string of the molecule is [CH2-]C(C)[CH-]C.[CH3-].[V].[W].[Y].[Y]. The van der Waals surface area contributed by atoms with Gasteiger partial charge in [-0.1, -0.05) is 0 Å². The van der Waals surface area contributed by atoms with E-state index in [0.717, 1.165) is 0 Å². The van der Waals surface area contributed by atoms with E-state index in [1.54, 1.807) is 0 Å². The van der Waals surface area contributed by atoms with Crippen LogP contribution in [0, 0.1) is 26.7 Å². The largest absolute Gasteiger partial charge is 0.370 e. The molecule has 0 aromatic rings. The van der Waals surface area contributed by atoms with E-state index < -0.39 is 0 Å². The van der Waals surface area contributed by atoms with Crippen molar-refractivity contribution in [3.63, 3.8) is 0 Å². The fourth-order valence-corrected chi connectivity index (χ4v) is 0. The molecular weight excluding hydrogens is 485 g/mol. The van der Waals surface area contributed by atoms with E-state index >= 15 is 0 Å². The van der Waals surface area contributed by atoms with Crippen LogP contribution in [0.3, 0.4) is 0 Å². The topological polar surface area (TPSA) is 0 Å². The van der Waals surface area contributed by atoms with Crippen LogP contribution in [0.4, 0.5) is 0 Å². The first-order chi connectivity index (χ1) is 2.27. The van der Waals surface area contributed by atoms with Gasteiger partial charge in [-0.15, -0.1) is 6.92 Å². The average Bonchev–Trinajstić information content (AvgIpc) is 1.38. The minimum absolute atomic E-state index is 0. The summed E-state index contributed by atoms with van der Waals surface area (Å²) in [5.41, 5.74) is 0. The van der Waals surface area contributed by atoms with Crippen molar-refractivity contribution in [3.8, 4) is 0 Å². The molecule has 0 aromatic carbocycles. The Balaban J connectivity index is -0.00000000800. The van der Waals surface area contributed by atoms with Crippen molar-refractivity contribution in [2.45, 2.75) is 13.8 Å². The molecule has 0 aliphatic carbocycles. The molecule has 0 saturated heterocycles. The van der Waals surface area contributed by atoms with E-state index in [1.807, 2.05) is 6.92 Å². The van der Waals surface area contributed by atoms with E-state index in [0.29, 0.717) is 5.92 Å². The molecule has 10 heavy (non-hydrogen) atoms. The predicted octanol–water partition coefficient (Wildman–Crippen LogP) is 2.12. The zero-order valence-electron chi connectivity index (χ0n) is 6.87. The van der Waals surface area contributed by atoms with Gasteiger partial charge in [0, 0.05) is 105 Å². The summed E-state index contributed by atoms with van der Waals surface area (Å²) in [4.78, 5) is 0. The third kappa shape index (κ3) is 42.0. The fraction of sp³-hybridized carbons (Fsp3) is 0.500. The van der Waals surface area contributed by atoms with Gasteiger partial charge in [0.2, 0.25) is 0 Å². The molecule has 0 bridgehead atoms. The number of hydrogen-bond donors (Lipinski definition) is 0. The molecule has 0 aliphatic rings. The molecule has 0 aliphatic heterocycles. The quantitative estimate of drug-likeness (QED) is 0.487. The molecular formula is C6H13VWY2-3. The summed E-state index contributed by atoms with van der Waals surface area (Å²) in [6.45, 7) is 7.77. The van der Waals surface area contributed by atoms with Crippen LogP contribution < -0.4 is 0 Å². The van der Waals surface area contributed by atoms with Crippen LogP contribution >= 0.6 is 0 Å². The van der Waals surface area contributed by atoms with Crippen LogP contribution in [0.5, 0.6) is 0 Å². The third-order valence-electron chi connectivity index (χ3n) is 0.569. The van der Waals surface area contributed by atoms with Crippen molar-refractivity contribution < 1.29 is 105 Å². The standard InChI is InChI=1S/C5H10.CH3.V.W.2Y/c1-4-5(2)3;;;;;/h4-5H,2H2,1,3H3;1H3;;;;/q-2;-1;;;;. The van der Waals surface area contributed by atoms with Crippen LogP contribution in [0.25, 0.3) is 0 Å². The van der Waals surface area contributed by atoms with Crippen molar-refractivity contribution in [2.24, 2.45) is 5.92 Å². The summed E-state index contributed by atoms with van der Waals surface area (Å²) in [6.07, 6.45) is 2.06. The van der Waals surface area contributed by atoms with Gasteiger partial charge in [0.1, 0.15) is 0 Å². The van der Waals surface area contributed by atoms with Gasteiger partial charge in [0.25, 0.3) is 0 Å². The zero-order chi connectivity index (χ0) is 4.28. The van der Waals surface area contributed by atoms with E-state index in [2.05, 4.69) is 20.3 Å². The normalized spacial score (nSPS) is 7.50. The monoisotopic (exact) mass is 498 g/mol. The molecule has 57 valence electrons. The van der Waals surface area contributed by atoms with Gasteiger partial charge in [-0.05, 0) is 0 Å². The molecule has 3 radical (unpaired) electrons. The minimum Gasteiger partial charge on any atom is -0.370 e. The second-order valence-electron chi connectivity index (χ2n) is 1.31. The molecule has 0 fully saturated rings. The Labute approximate surface area is 143 Å². The summed E-state index contributed by atoms with van der Waals surface area (Å²) in [5, 5.41) is 0. The predicted molar refractivity (Wildman–Crippen MR) is 30.9 cm³/mol. The first-order valence-electron chi connectivity index (χ1n) is 1.90. The molecule has 0 amide bonds. The van der Waals surface area contributed by atoms with Gasteiger partial charge in [-0.2, -0.15) is 6.92 Å². The van der Waals surface area contributed by atoms with Crippen LogP contribution in [0.15, 0.2) is 0 Å². The maximum Gasteiger partial charge on any atom is 0 e. The van der Waals surface area contributed by atoms with E-state index in [-0.39, 0.29) is 112 Å². The van der Waals surface area contributed by atoms with E-state index in [4.69, 9.17) is 0 Å². The van der Waals surface area contributed by atoms with Crippen molar-refractivity contribution in [2.75, 3.05) is 0 Å². The Bertz CT molecular complexity index is 29.7. The molecule has 4 heteroatoms. The van der Waals surface area contributed by atoms with Crippen molar-refractivity contribution in [3.05, 3.63) is 20.8 Å². The summed E-state index contributed by atoms with van der Waals surface area (Å²) in [7, 11) is 0. The molecule has 1 unspecified atom stereocenters. The molecule has 0 rings (SSSR count). The van der Waals surface area contributed by atoms with Gasteiger partial charge >= 0.3 is 0 Å². The van der Waals surface area contributed by atoms with Crippen LogP contribution in [-0.4, -0.2) is 0 Å². The molecule has 0 heterocycles. The molecule has 0 N–H and O–H groups in total. The number of rotatable bonds is 1. The van der Waals surface area contributed by atoms with Crippen LogP contribution in [0.2, 0.25) is 0 Å². The molecule has 1 atom stereocenters. The summed E-state index contributed by atoms with van der Waals surface area (Å²) in [6, 6.07) is 0. The smallest absolute Gasteiger partial charge is 0 e. The molecule has 0 spiro atoms. The zero-order valence-corrected chi connectivity index (χ0v) is 16.9. The van der Waals surface area contributed by atoms with E-state index in [1.165, 1.54) is 0 Å². The molecule has 0 nitrogen and oxygen atoms in total. The Morgan fingerprint density at radius 3 is 1.40 bits per heavy atom. The van der Waals surface area contributed by atoms with Crippen LogP contribution in [0.1, 0.15) is 13.8 Å². The fourth-order valence-electron chi connectivity index (χ4n) is 0. The number of hydrogen-bond acceptors (Lipinski definition) is 0. The van der Waals surface area contributed by atoms with Crippen LogP contribution in [-0.2, 0) is 105 Å². The van der Waals surface area contributed by atoms with Gasteiger partial charge < -0.3 is 26.7 Å².